The molecule has 0 aromatic heterocycles. The van der Waals surface area contributed by atoms with Gasteiger partial charge in [-0.3, -0.25) is 0 Å². The van der Waals surface area contributed by atoms with Crippen molar-refractivity contribution in [3.05, 3.63) is 231 Å². The molecule has 414 valence electrons. The summed E-state index contributed by atoms with van der Waals surface area (Å²) in [6.45, 7) is 11.6. The first kappa shape index (κ1) is 58.5. The van der Waals surface area contributed by atoms with E-state index in [0.717, 1.165) is 32.3 Å². The van der Waals surface area contributed by atoms with Crippen molar-refractivity contribution in [1.29, 1.82) is 0 Å². The van der Waals surface area contributed by atoms with Crippen LogP contribution in [-0.2, 0) is 73.8 Å². The Bertz CT molecular complexity index is 2780. The van der Waals surface area contributed by atoms with E-state index in [1.54, 1.807) is 12.1 Å². The largest absolute Gasteiger partial charge is 0.488 e. The molecule has 0 aliphatic carbocycles. The molecule has 6 aromatic rings. The van der Waals surface area contributed by atoms with Gasteiger partial charge in [-0.1, -0.05) is 207 Å². The Kier molecular flexibility index (Phi) is 22.6. The van der Waals surface area contributed by atoms with Crippen LogP contribution in [0, 0.1) is 11.8 Å². The maximum Gasteiger partial charge on any atom is 0.310 e. The molecule has 4 heterocycles. The van der Waals surface area contributed by atoms with Crippen LogP contribution in [0.25, 0.3) is 5.83 Å². The molecule has 14 heteroatoms. The number of hydrogen-bond donors (Lipinski definition) is 0. The highest BCUT2D eigenvalue weighted by molar-refractivity contribution is 9.10. The van der Waals surface area contributed by atoms with Gasteiger partial charge in [0.25, 0.3) is 0 Å². The molecule has 0 amide bonds. The quantitative estimate of drug-likeness (QED) is 0.0879. The first-order chi connectivity index (χ1) is 38.1. The molecule has 0 saturated carbocycles. The van der Waals surface area contributed by atoms with Crippen LogP contribution in [0.2, 0.25) is 0 Å². The third kappa shape index (κ3) is 15.8. The molecular formula is C64H70BrF3O10. The SMILES string of the molecule is Brc1ccccc1C1OCCO1.CC[C@H]1OC(=C(F)F)[C@H](OCc2ccccc2)[C@@H](OCc2ccccc2)[C@@H]1C.CC[C@H]1OC(=C(F)c2ccccc2C2OCCO2)[C@H](OCc2ccccc2)[C@@H](OCc2ccccc2)[C@@H]1C. The van der Waals surface area contributed by atoms with Crippen LogP contribution in [0.3, 0.4) is 0 Å². The molecule has 0 bridgehead atoms. The molecule has 0 N–H and O–H groups in total. The first-order valence-corrected chi connectivity index (χ1v) is 27.6. The first-order valence-electron chi connectivity index (χ1n) is 26.8. The van der Waals surface area contributed by atoms with E-state index < -0.39 is 48.4 Å². The van der Waals surface area contributed by atoms with E-state index >= 15 is 4.39 Å². The van der Waals surface area contributed by atoms with Gasteiger partial charge in [0, 0.05) is 33.0 Å². The highest BCUT2D eigenvalue weighted by Gasteiger charge is 2.46. The van der Waals surface area contributed by atoms with Crippen LogP contribution < -0.4 is 0 Å². The van der Waals surface area contributed by atoms with Gasteiger partial charge in [0.05, 0.1) is 65.1 Å². The molecule has 10 nitrogen and oxygen atoms in total. The fourth-order valence-electron chi connectivity index (χ4n) is 9.84. The highest BCUT2D eigenvalue weighted by Crippen LogP contribution is 2.42. The average molecular weight is 1140 g/mol. The van der Waals surface area contributed by atoms with E-state index in [2.05, 4.69) is 22.9 Å². The standard InChI is InChI=1S/C32H35FO5.C23H26F2O3.C9H9BrO2/c1-3-27-22(2)29(36-20-23-12-6-4-7-13-23)31(37-21-24-14-8-5-9-15-24)30(38-27)28(33)25-16-10-11-17-26(25)32-34-18-19-35-32;1-3-19-16(2)20(26-14-17-10-6-4-7-11-17)21(22(28-19)23(24)25)27-15-18-12-8-5-9-13-18;10-8-4-2-1-3-7(8)9-11-5-6-12-9/h4-17,22,27,29,31-32H,3,18-21H2,1-2H3;4-13,16,19-21H,3,14-15H2,1-2H3;1-4,9H,5-6H2/t22-,27-,29+,31-;16-,19-,20+,21-;/m11./s1. The summed E-state index contributed by atoms with van der Waals surface area (Å²) in [5, 5.41) is 0. The van der Waals surface area contributed by atoms with Gasteiger partial charge in [-0.25, -0.2) is 4.39 Å². The van der Waals surface area contributed by atoms with Crippen molar-refractivity contribution in [2.45, 2.75) is 116 Å². The van der Waals surface area contributed by atoms with Crippen molar-refractivity contribution >= 4 is 21.8 Å². The number of ether oxygens (including phenoxy) is 10. The molecule has 4 aliphatic heterocycles. The van der Waals surface area contributed by atoms with Gasteiger partial charge in [-0.2, -0.15) is 8.78 Å². The average Bonchev–Trinajstić information content (AvgIpc) is 4.26. The number of benzene rings is 6. The third-order valence-electron chi connectivity index (χ3n) is 14.1. The molecule has 0 spiro atoms. The van der Waals surface area contributed by atoms with E-state index in [-0.39, 0.29) is 42.7 Å². The summed E-state index contributed by atoms with van der Waals surface area (Å²) < 4.78 is 104. The Morgan fingerprint density at radius 3 is 1.21 bits per heavy atom. The molecule has 78 heavy (non-hydrogen) atoms. The lowest BCUT2D eigenvalue weighted by Crippen LogP contribution is -2.49. The lowest BCUT2D eigenvalue weighted by atomic mass is 9.87. The second-order valence-corrected chi connectivity index (χ2v) is 20.2. The van der Waals surface area contributed by atoms with Gasteiger partial charge in [0.15, 0.2) is 29.9 Å². The molecule has 8 atom stereocenters. The molecule has 0 radical (unpaired) electrons. The van der Waals surface area contributed by atoms with Gasteiger partial charge in [-0.15, -0.1) is 0 Å². The predicted octanol–water partition coefficient (Wildman–Crippen LogP) is 15.2. The Hall–Kier alpha value is -5.65. The van der Waals surface area contributed by atoms with Crippen molar-refractivity contribution in [3.63, 3.8) is 0 Å². The second kappa shape index (κ2) is 30.1. The fourth-order valence-corrected chi connectivity index (χ4v) is 10.3. The van der Waals surface area contributed by atoms with E-state index in [4.69, 9.17) is 47.4 Å². The summed E-state index contributed by atoms with van der Waals surface area (Å²) >= 11 is 3.45. The summed E-state index contributed by atoms with van der Waals surface area (Å²) in [6.07, 6.45) is -4.51. The molecule has 10 rings (SSSR count). The monoisotopic (exact) mass is 1130 g/mol. The fraction of sp³-hybridized carbons (Fsp3) is 0.375. The number of rotatable bonds is 17. The maximum atomic E-state index is 16.6. The lowest BCUT2D eigenvalue weighted by Gasteiger charge is -2.42. The Balaban J connectivity index is 0.000000174. The molecule has 4 aliphatic rings. The Labute approximate surface area is 465 Å². The van der Waals surface area contributed by atoms with Gasteiger partial charge in [0.1, 0.15) is 24.4 Å². The van der Waals surface area contributed by atoms with Crippen molar-refractivity contribution in [2.75, 3.05) is 26.4 Å². The van der Waals surface area contributed by atoms with Crippen LogP contribution >= 0.6 is 15.9 Å². The minimum atomic E-state index is -1.85. The van der Waals surface area contributed by atoms with Crippen LogP contribution in [-0.4, -0.2) is 63.1 Å². The topological polar surface area (TPSA) is 92.3 Å². The molecule has 0 unspecified atom stereocenters. The highest BCUT2D eigenvalue weighted by atomic mass is 79.9. The zero-order chi connectivity index (χ0) is 54.6. The third-order valence-corrected chi connectivity index (χ3v) is 14.8. The van der Waals surface area contributed by atoms with Crippen LogP contribution in [0.4, 0.5) is 13.2 Å². The van der Waals surface area contributed by atoms with Crippen LogP contribution in [0.5, 0.6) is 0 Å². The summed E-state index contributed by atoms with van der Waals surface area (Å²) in [6, 6.07) is 54.2. The summed E-state index contributed by atoms with van der Waals surface area (Å²) in [4.78, 5) is 0. The minimum Gasteiger partial charge on any atom is -0.488 e. The van der Waals surface area contributed by atoms with Gasteiger partial charge in [0.2, 0.25) is 0 Å². The van der Waals surface area contributed by atoms with Crippen molar-refractivity contribution < 1.29 is 60.5 Å². The molecule has 6 aromatic carbocycles. The van der Waals surface area contributed by atoms with E-state index in [1.165, 1.54) is 0 Å². The normalized spacial score (nSPS) is 24.0. The van der Waals surface area contributed by atoms with Crippen molar-refractivity contribution in [1.82, 2.24) is 0 Å². The number of halogens is 4. The second-order valence-electron chi connectivity index (χ2n) is 19.4. The minimum absolute atomic E-state index is 0.0159. The summed E-state index contributed by atoms with van der Waals surface area (Å²) in [5.74, 6) is -0.819. The van der Waals surface area contributed by atoms with E-state index in [9.17, 15) is 8.78 Å². The van der Waals surface area contributed by atoms with E-state index in [0.29, 0.717) is 70.2 Å². The number of hydrogen-bond acceptors (Lipinski definition) is 10. The van der Waals surface area contributed by atoms with Gasteiger partial charge >= 0.3 is 6.08 Å². The summed E-state index contributed by atoms with van der Waals surface area (Å²) in [5.41, 5.74) is 6.02. The van der Waals surface area contributed by atoms with Crippen molar-refractivity contribution in [2.24, 2.45) is 11.8 Å². The Morgan fingerprint density at radius 2 is 0.795 bits per heavy atom. The zero-order valence-electron chi connectivity index (χ0n) is 44.6. The smallest absolute Gasteiger partial charge is 0.310 e. The maximum absolute atomic E-state index is 16.6. The van der Waals surface area contributed by atoms with E-state index in [1.807, 2.05) is 178 Å². The van der Waals surface area contributed by atoms with Crippen LogP contribution in [0.1, 0.15) is 92.1 Å². The molecular weight excluding hydrogens is 1070 g/mol. The van der Waals surface area contributed by atoms with Gasteiger partial charge in [-0.05, 0) is 41.2 Å². The molecule has 4 fully saturated rings. The van der Waals surface area contributed by atoms with Crippen molar-refractivity contribution in [3.8, 4) is 0 Å². The van der Waals surface area contributed by atoms with Gasteiger partial charge < -0.3 is 47.4 Å². The lowest BCUT2D eigenvalue weighted by molar-refractivity contribution is -0.170. The Morgan fingerprint density at radius 1 is 0.449 bits per heavy atom. The zero-order valence-corrected chi connectivity index (χ0v) is 46.2. The van der Waals surface area contributed by atoms with Crippen LogP contribution in [0.15, 0.2) is 192 Å². The predicted molar refractivity (Wildman–Crippen MR) is 296 cm³/mol. The molecule has 4 saturated heterocycles. The summed E-state index contributed by atoms with van der Waals surface area (Å²) in [7, 11) is 0.